The molecule has 34 heavy (non-hydrogen) atoms. The summed E-state index contributed by atoms with van der Waals surface area (Å²) in [6, 6.07) is 10.1. The van der Waals surface area contributed by atoms with Crippen molar-refractivity contribution in [3.63, 3.8) is 0 Å². The summed E-state index contributed by atoms with van der Waals surface area (Å²) in [7, 11) is 1.43. The average Bonchev–Trinajstić information content (AvgIpc) is 3.39. The smallest absolute Gasteiger partial charge is 0.173 e. The number of thiophene rings is 1. The standard InChI is InChI=1S/C26H26F2N4OS/c1-5-30-19-13-21(17-7-6-8-20(33-4)23(17)28)34-25(19)26(29)31-12-11-16-15(3)32-24-18(27)10-9-14(2)22(16)24/h5-10,13,30,32H,1,11-12H2,2-4H3,(H2,29,31). The number of ether oxygens (including phenoxy) is 1. The van der Waals surface area contributed by atoms with Crippen molar-refractivity contribution >= 4 is 33.8 Å². The van der Waals surface area contributed by atoms with Crippen LogP contribution < -0.4 is 15.8 Å². The minimum Gasteiger partial charge on any atom is -0.494 e. The number of H-pyrrole nitrogens is 1. The Morgan fingerprint density at radius 3 is 2.79 bits per heavy atom. The fourth-order valence-corrected chi connectivity index (χ4v) is 5.17. The molecule has 176 valence electrons. The van der Waals surface area contributed by atoms with Crippen molar-refractivity contribution in [3.8, 4) is 16.2 Å². The molecule has 2 heterocycles. The number of rotatable bonds is 8. The van der Waals surface area contributed by atoms with E-state index in [1.165, 1.54) is 30.7 Å². The molecule has 0 fully saturated rings. The van der Waals surface area contributed by atoms with E-state index in [0.717, 1.165) is 22.2 Å². The van der Waals surface area contributed by atoms with Crippen LogP contribution in [0.5, 0.6) is 5.75 Å². The summed E-state index contributed by atoms with van der Waals surface area (Å²) < 4.78 is 34.2. The Bertz CT molecular complexity index is 1400. The van der Waals surface area contributed by atoms with Gasteiger partial charge in [-0.15, -0.1) is 11.3 Å². The number of nitrogens with two attached hydrogens (primary N) is 1. The monoisotopic (exact) mass is 480 g/mol. The number of aliphatic imine (C=N–C) groups is 1. The van der Waals surface area contributed by atoms with E-state index in [0.29, 0.717) is 45.3 Å². The van der Waals surface area contributed by atoms with E-state index >= 15 is 0 Å². The van der Waals surface area contributed by atoms with Crippen molar-refractivity contribution in [2.24, 2.45) is 10.7 Å². The molecule has 0 saturated heterocycles. The SMILES string of the molecule is C=CNc1cc(-c2cccc(OC)c2F)sc1C(N)=NCCc1c(C)[nH]c2c(F)ccc(C)c12. The molecule has 0 saturated carbocycles. The van der Waals surface area contributed by atoms with Gasteiger partial charge in [0.2, 0.25) is 0 Å². The molecule has 0 aliphatic carbocycles. The second kappa shape index (κ2) is 9.69. The number of fused-ring (bicyclic) bond motifs is 1. The summed E-state index contributed by atoms with van der Waals surface area (Å²) in [4.78, 5) is 9.11. The third-order valence-corrected chi connectivity index (χ3v) is 6.94. The molecule has 4 N–H and O–H groups in total. The van der Waals surface area contributed by atoms with Gasteiger partial charge in [0.25, 0.3) is 0 Å². The molecule has 0 atom stereocenters. The maximum atomic E-state index is 14.8. The number of benzene rings is 2. The molecule has 0 amide bonds. The summed E-state index contributed by atoms with van der Waals surface area (Å²) in [6.07, 6.45) is 2.14. The van der Waals surface area contributed by atoms with Gasteiger partial charge in [-0.3, -0.25) is 4.99 Å². The first kappa shape index (κ1) is 23.5. The highest BCUT2D eigenvalue weighted by Crippen LogP contribution is 2.38. The van der Waals surface area contributed by atoms with E-state index in [2.05, 4.69) is 21.9 Å². The number of aryl methyl sites for hydroxylation is 2. The van der Waals surface area contributed by atoms with Crippen LogP contribution in [0.3, 0.4) is 0 Å². The van der Waals surface area contributed by atoms with Gasteiger partial charge < -0.3 is 20.8 Å². The van der Waals surface area contributed by atoms with E-state index in [4.69, 9.17) is 10.5 Å². The lowest BCUT2D eigenvalue weighted by Crippen LogP contribution is -2.14. The van der Waals surface area contributed by atoms with Crippen LogP contribution in [0.4, 0.5) is 14.5 Å². The highest BCUT2D eigenvalue weighted by Gasteiger charge is 2.18. The molecule has 8 heteroatoms. The van der Waals surface area contributed by atoms with Crippen LogP contribution in [0.2, 0.25) is 0 Å². The van der Waals surface area contributed by atoms with E-state index in [-0.39, 0.29) is 11.6 Å². The highest BCUT2D eigenvalue weighted by atomic mass is 32.1. The van der Waals surface area contributed by atoms with Crippen molar-refractivity contribution in [2.75, 3.05) is 19.0 Å². The maximum Gasteiger partial charge on any atom is 0.173 e. The fraction of sp³-hybridized carbons (Fsp3) is 0.192. The number of amidine groups is 1. The zero-order valence-electron chi connectivity index (χ0n) is 19.3. The predicted molar refractivity (Wildman–Crippen MR) is 137 cm³/mol. The van der Waals surface area contributed by atoms with Gasteiger partial charge in [-0.1, -0.05) is 24.8 Å². The Balaban J connectivity index is 1.63. The average molecular weight is 481 g/mol. The van der Waals surface area contributed by atoms with Crippen LogP contribution in [0.1, 0.15) is 21.7 Å². The minimum absolute atomic E-state index is 0.174. The van der Waals surface area contributed by atoms with E-state index in [9.17, 15) is 8.78 Å². The van der Waals surface area contributed by atoms with Crippen LogP contribution >= 0.6 is 11.3 Å². The molecule has 4 aromatic rings. The number of aromatic amines is 1. The third-order valence-electron chi connectivity index (χ3n) is 5.74. The first-order chi connectivity index (χ1) is 16.3. The molecule has 5 nitrogen and oxygen atoms in total. The van der Waals surface area contributed by atoms with Gasteiger partial charge in [-0.05, 0) is 55.8 Å². The Labute approximate surface area is 201 Å². The number of nitrogens with zero attached hydrogens (tertiary/aromatic N) is 1. The molecule has 0 bridgehead atoms. The Kier molecular flexibility index (Phi) is 6.70. The Morgan fingerprint density at radius 1 is 1.26 bits per heavy atom. The van der Waals surface area contributed by atoms with E-state index < -0.39 is 5.82 Å². The van der Waals surface area contributed by atoms with E-state index in [1.54, 1.807) is 24.3 Å². The molecular formula is C26H26F2N4OS. The Hall–Kier alpha value is -3.65. The van der Waals surface area contributed by atoms with Gasteiger partial charge in [0.1, 0.15) is 11.7 Å². The molecule has 2 aromatic carbocycles. The molecule has 0 spiro atoms. The number of aromatic nitrogens is 1. The summed E-state index contributed by atoms with van der Waals surface area (Å²) in [5, 5.41) is 3.95. The number of nitrogens with one attached hydrogen (secondary N) is 2. The zero-order valence-corrected chi connectivity index (χ0v) is 20.1. The van der Waals surface area contributed by atoms with Crippen LogP contribution in [-0.2, 0) is 6.42 Å². The lowest BCUT2D eigenvalue weighted by atomic mass is 10.0. The second-order valence-corrected chi connectivity index (χ2v) is 8.94. The minimum atomic E-state index is -0.434. The van der Waals surface area contributed by atoms with Crippen molar-refractivity contribution in [1.29, 1.82) is 0 Å². The van der Waals surface area contributed by atoms with Crippen molar-refractivity contribution in [3.05, 3.63) is 82.5 Å². The van der Waals surface area contributed by atoms with E-state index in [1.807, 2.05) is 19.9 Å². The summed E-state index contributed by atoms with van der Waals surface area (Å²) in [6.45, 7) is 8.04. The first-order valence-corrected chi connectivity index (χ1v) is 11.6. The summed E-state index contributed by atoms with van der Waals surface area (Å²) >= 11 is 1.33. The fourth-order valence-electron chi connectivity index (χ4n) is 4.11. The van der Waals surface area contributed by atoms with Crippen LogP contribution in [-0.4, -0.2) is 24.5 Å². The van der Waals surface area contributed by atoms with Gasteiger partial charge in [0, 0.05) is 28.1 Å². The van der Waals surface area contributed by atoms with Gasteiger partial charge in [-0.25, -0.2) is 8.78 Å². The number of halogens is 2. The van der Waals surface area contributed by atoms with Gasteiger partial charge in [-0.2, -0.15) is 0 Å². The van der Waals surface area contributed by atoms with Gasteiger partial charge in [0.15, 0.2) is 11.6 Å². The normalized spacial score (nSPS) is 11.7. The molecule has 0 aliphatic heterocycles. The van der Waals surface area contributed by atoms with Crippen LogP contribution in [0.15, 0.2) is 54.2 Å². The quantitative estimate of drug-likeness (QED) is 0.205. The molecule has 0 unspecified atom stereocenters. The number of anilines is 1. The van der Waals surface area contributed by atoms with Crippen molar-refractivity contribution in [1.82, 2.24) is 4.98 Å². The summed E-state index contributed by atoms with van der Waals surface area (Å²) in [5.74, 6) is -0.192. The lowest BCUT2D eigenvalue weighted by Gasteiger charge is -2.05. The molecular weight excluding hydrogens is 454 g/mol. The molecule has 2 aromatic heterocycles. The van der Waals surface area contributed by atoms with Crippen molar-refractivity contribution in [2.45, 2.75) is 20.3 Å². The number of hydrogen-bond donors (Lipinski definition) is 3. The Morgan fingerprint density at radius 2 is 2.06 bits per heavy atom. The molecule has 0 radical (unpaired) electrons. The van der Waals surface area contributed by atoms with Crippen molar-refractivity contribution < 1.29 is 13.5 Å². The van der Waals surface area contributed by atoms with Crippen LogP contribution in [0.25, 0.3) is 21.3 Å². The van der Waals surface area contributed by atoms with Crippen LogP contribution in [0, 0.1) is 25.5 Å². The predicted octanol–water partition coefficient (Wildman–Crippen LogP) is 6.30. The highest BCUT2D eigenvalue weighted by molar-refractivity contribution is 7.18. The number of methoxy groups -OCH3 is 1. The molecule has 0 aliphatic rings. The summed E-state index contributed by atoms with van der Waals surface area (Å²) in [5.41, 5.74) is 10.9. The zero-order chi connectivity index (χ0) is 24.4. The van der Waals surface area contributed by atoms with Gasteiger partial charge in [0.05, 0.1) is 23.2 Å². The number of hydrogen-bond acceptors (Lipinski definition) is 4. The topological polar surface area (TPSA) is 75.4 Å². The molecule has 4 rings (SSSR count). The lowest BCUT2D eigenvalue weighted by molar-refractivity contribution is 0.387. The third kappa shape index (κ3) is 4.28. The second-order valence-electron chi connectivity index (χ2n) is 7.88. The van der Waals surface area contributed by atoms with Gasteiger partial charge >= 0.3 is 0 Å². The largest absolute Gasteiger partial charge is 0.494 e. The maximum absolute atomic E-state index is 14.8. The first-order valence-electron chi connectivity index (χ1n) is 10.8.